The number of aromatic nitrogens is 2. The molecule has 0 saturated carbocycles. The van der Waals surface area contributed by atoms with Crippen molar-refractivity contribution in [3.05, 3.63) is 29.6 Å². The molecule has 0 spiro atoms. The van der Waals surface area contributed by atoms with Crippen LogP contribution in [-0.2, 0) is 6.42 Å². The molecule has 10 heavy (non-hydrogen) atoms. The SMILES string of the molecule is C/C=C(/C)Cc1cn[nH]c1. The third kappa shape index (κ3) is 1.72. The molecule has 0 aliphatic rings. The summed E-state index contributed by atoms with van der Waals surface area (Å²) >= 11 is 0. The van der Waals surface area contributed by atoms with Crippen LogP contribution in [0.1, 0.15) is 19.4 Å². The second kappa shape index (κ2) is 3.20. The molecule has 0 saturated heterocycles. The summed E-state index contributed by atoms with van der Waals surface area (Å²) in [4.78, 5) is 0. The summed E-state index contributed by atoms with van der Waals surface area (Å²) in [5, 5.41) is 6.64. The number of nitrogens with zero attached hydrogens (tertiary/aromatic N) is 1. The lowest BCUT2D eigenvalue weighted by Gasteiger charge is -1.93. The number of allylic oxidation sites excluding steroid dienone is 2. The predicted molar refractivity (Wildman–Crippen MR) is 41.7 cm³/mol. The van der Waals surface area contributed by atoms with E-state index < -0.39 is 0 Å². The highest BCUT2D eigenvalue weighted by Crippen LogP contribution is 2.03. The Kier molecular flexibility index (Phi) is 2.26. The molecule has 0 fully saturated rings. The zero-order chi connectivity index (χ0) is 7.40. The molecule has 0 unspecified atom stereocenters. The van der Waals surface area contributed by atoms with E-state index >= 15 is 0 Å². The van der Waals surface area contributed by atoms with Crippen LogP contribution in [0.5, 0.6) is 0 Å². The van der Waals surface area contributed by atoms with Gasteiger partial charge in [-0.3, -0.25) is 5.10 Å². The van der Waals surface area contributed by atoms with Crippen LogP contribution in [0.4, 0.5) is 0 Å². The van der Waals surface area contributed by atoms with Crippen molar-refractivity contribution in [3.8, 4) is 0 Å². The van der Waals surface area contributed by atoms with Crippen molar-refractivity contribution in [2.45, 2.75) is 20.3 Å². The summed E-state index contributed by atoms with van der Waals surface area (Å²) in [6.07, 6.45) is 6.90. The van der Waals surface area contributed by atoms with Crippen molar-refractivity contribution < 1.29 is 0 Å². The quantitative estimate of drug-likeness (QED) is 0.618. The predicted octanol–water partition coefficient (Wildman–Crippen LogP) is 1.92. The molecule has 1 rings (SSSR count). The number of nitrogens with one attached hydrogen (secondary N) is 1. The first-order valence-corrected chi connectivity index (χ1v) is 3.42. The van der Waals surface area contributed by atoms with Crippen molar-refractivity contribution in [1.29, 1.82) is 0 Å². The van der Waals surface area contributed by atoms with Gasteiger partial charge < -0.3 is 0 Å². The minimum atomic E-state index is 1.01. The van der Waals surface area contributed by atoms with Gasteiger partial charge in [0.2, 0.25) is 0 Å². The maximum atomic E-state index is 3.86. The topological polar surface area (TPSA) is 28.7 Å². The Labute approximate surface area is 61.0 Å². The van der Waals surface area contributed by atoms with Crippen molar-refractivity contribution in [2.24, 2.45) is 0 Å². The van der Waals surface area contributed by atoms with E-state index in [1.807, 2.05) is 12.4 Å². The summed E-state index contributed by atoms with van der Waals surface area (Å²) in [5.74, 6) is 0. The van der Waals surface area contributed by atoms with E-state index in [0.717, 1.165) is 6.42 Å². The summed E-state index contributed by atoms with van der Waals surface area (Å²) in [7, 11) is 0. The first-order valence-electron chi connectivity index (χ1n) is 3.42. The minimum absolute atomic E-state index is 1.01. The zero-order valence-electron chi connectivity index (χ0n) is 6.39. The molecular weight excluding hydrogens is 124 g/mol. The van der Waals surface area contributed by atoms with E-state index in [1.165, 1.54) is 11.1 Å². The molecule has 0 atom stereocenters. The van der Waals surface area contributed by atoms with Gasteiger partial charge in [-0.15, -0.1) is 0 Å². The van der Waals surface area contributed by atoms with Crippen molar-refractivity contribution in [2.75, 3.05) is 0 Å². The summed E-state index contributed by atoms with van der Waals surface area (Å²) in [6, 6.07) is 0. The fourth-order valence-electron chi connectivity index (χ4n) is 0.798. The van der Waals surface area contributed by atoms with Gasteiger partial charge in [0.05, 0.1) is 6.20 Å². The maximum Gasteiger partial charge on any atom is 0.0522 e. The van der Waals surface area contributed by atoms with Crippen LogP contribution in [0.25, 0.3) is 0 Å². The van der Waals surface area contributed by atoms with Crippen LogP contribution in [0, 0.1) is 0 Å². The van der Waals surface area contributed by atoms with Gasteiger partial charge in [0.1, 0.15) is 0 Å². The van der Waals surface area contributed by atoms with Gasteiger partial charge in [-0.25, -0.2) is 0 Å². The first kappa shape index (κ1) is 7.06. The maximum absolute atomic E-state index is 3.86. The van der Waals surface area contributed by atoms with Gasteiger partial charge in [0.25, 0.3) is 0 Å². The Morgan fingerprint density at radius 3 is 3.10 bits per heavy atom. The molecule has 54 valence electrons. The normalized spacial score (nSPS) is 12.0. The van der Waals surface area contributed by atoms with E-state index in [9.17, 15) is 0 Å². The van der Waals surface area contributed by atoms with Gasteiger partial charge >= 0.3 is 0 Å². The summed E-state index contributed by atoms with van der Waals surface area (Å²) < 4.78 is 0. The van der Waals surface area contributed by atoms with E-state index in [2.05, 4.69) is 30.1 Å². The average molecular weight is 136 g/mol. The van der Waals surface area contributed by atoms with Crippen molar-refractivity contribution in [3.63, 3.8) is 0 Å². The molecule has 0 aromatic carbocycles. The fourth-order valence-corrected chi connectivity index (χ4v) is 0.798. The molecule has 1 aromatic rings. The van der Waals surface area contributed by atoms with Gasteiger partial charge in [-0.2, -0.15) is 5.10 Å². The smallest absolute Gasteiger partial charge is 0.0522 e. The van der Waals surface area contributed by atoms with Crippen LogP contribution < -0.4 is 0 Å². The van der Waals surface area contributed by atoms with Gasteiger partial charge in [0, 0.05) is 6.20 Å². The summed E-state index contributed by atoms with van der Waals surface area (Å²) in [6.45, 7) is 4.17. The molecule has 1 aromatic heterocycles. The first-order chi connectivity index (χ1) is 4.83. The number of hydrogen-bond acceptors (Lipinski definition) is 1. The molecule has 0 amide bonds. The molecule has 2 heteroatoms. The second-order valence-electron chi connectivity index (χ2n) is 2.42. The van der Waals surface area contributed by atoms with E-state index in [-0.39, 0.29) is 0 Å². The van der Waals surface area contributed by atoms with E-state index in [1.54, 1.807) is 0 Å². The largest absolute Gasteiger partial charge is 0.285 e. The highest BCUT2D eigenvalue weighted by Gasteiger charge is 1.92. The molecule has 2 nitrogen and oxygen atoms in total. The number of aromatic amines is 1. The molecule has 1 N–H and O–H groups in total. The van der Waals surface area contributed by atoms with Crippen molar-refractivity contribution in [1.82, 2.24) is 10.2 Å². The Morgan fingerprint density at radius 2 is 2.60 bits per heavy atom. The Bertz CT molecular complexity index is 209. The molecule has 1 heterocycles. The molecule has 0 aliphatic heterocycles. The highest BCUT2D eigenvalue weighted by molar-refractivity contribution is 5.13. The Hall–Kier alpha value is -1.05. The van der Waals surface area contributed by atoms with E-state index in [0.29, 0.717) is 0 Å². The standard InChI is InChI=1S/C8H12N2/c1-3-7(2)4-8-5-9-10-6-8/h3,5-6H,4H2,1-2H3,(H,9,10)/b7-3-. The van der Waals surface area contributed by atoms with Crippen molar-refractivity contribution >= 4 is 0 Å². The third-order valence-corrected chi connectivity index (χ3v) is 1.53. The average Bonchev–Trinajstić information content (AvgIpc) is 2.40. The molecule has 0 radical (unpaired) electrons. The zero-order valence-corrected chi connectivity index (χ0v) is 6.39. The fraction of sp³-hybridized carbons (Fsp3) is 0.375. The van der Waals surface area contributed by atoms with Gasteiger partial charge in [-0.1, -0.05) is 11.6 Å². The lowest BCUT2D eigenvalue weighted by Crippen LogP contribution is -1.81. The highest BCUT2D eigenvalue weighted by atomic mass is 15.1. The molecule has 0 aliphatic carbocycles. The van der Waals surface area contributed by atoms with Crippen LogP contribution in [-0.4, -0.2) is 10.2 Å². The van der Waals surface area contributed by atoms with E-state index in [4.69, 9.17) is 0 Å². The van der Waals surface area contributed by atoms with Gasteiger partial charge in [0.15, 0.2) is 0 Å². The molecule has 0 bridgehead atoms. The monoisotopic (exact) mass is 136 g/mol. The van der Waals surface area contributed by atoms with Crippen LogP contribution >= 0.6 is 0 Å². The van der Waals surface area contributed by atoms with Crippen LogP contribution in [0.3, 0.4) is 0 Å². The van der Waals surface area contributed by atoms with Crippen LogP contribution in [0.15, 0.2) is 24.0 Å². The number of rotatable bonds is 2. The molecular formula is C8H12N2. The van der Waals surface area contributed by atoms with Crippen LogP contribution in [0.2, 0.25) is 0 Å². The summed E-state index contributed by atoms with van der Waals surface area (Å²) in [5.41, 5.74) is 2.62. The lowest BCUT2D eigenvalue weighted by molar-refractivity contribution is 1.09. The third-order valence-electron chi connectivity index (χ3n) is 1.53. The minimum Gasteiger partial charge on any atom is -0.285 e. The van der Waals surface area contributed by atoms with Gasteiger partial charge in [-0.05, 0) is 25.8 Å². The number of hydrogen-bond donors (Lipinski definition) is 1. The number of H-pyrrole nitrogens is 1. The Balaban J connectivity index is 2.56. The second-order valence-corrected chi connectivity index (χ2v) is 2.42. The lowest BCUT2D eigenvalue weighted by atomic mass is 10.1. The Morgan fingerprint density at radius 1 is 1.80 bits per heavy atom.